The molecule has 1 atom stereocenters. The first-order valence-electron chi connectivity index (χ1n) is 4.00. The molecule has 0 radical (unpaired) electrons. The highest BCUT2D eigenvalue weighted by molar-refractivity contribution is 4.92. The van der Waals surface area contributed by atoms with E-state index in [1.165, 1.54) is 6.26 Å². The van der Waals surface area contributed by atoms with Crippen LogP contribution in [0.5, 0.6) is 0 Å². The van der Waals surface area contributed by atoms with Gasteiger partial charge in [0.05, 0.1) is 12.5 Å². The number of aromatic nitrogens is 2. The van der Waals surface area contributed by atoms with Crippen LogP contribution in [0.15, 0.2) is 28.1 Å². The summed E-state index contributed by atoms with van der Waals surface area (Å²) in [5.41, 5.74) is -1.69. The van der Waals surface area contributed by atoms with Gasteiger partial charge in [-0.05, 0) is 6.08 Å². The van der Waals surface area contributed by atoms with Crippen molar-refractivity contribution in [1.29, 1.82) is 0 Å². The molecular weight excluding hydrogens is 191 g/mol. The Morgan fingerprint density at radius 1 is 1.57 bits per heavy atom. The number of ether oxygens (including phenoxy) is 1. The average Bonchev–Trinajstić information content (AvgIpc) is 2.64. The zero-order valence-electron chi connectivity index (χ0n) is 7.07. The molecule has 1 N–H and O–H groups in total. The lowest BCUT2D eigenvalue weighted by Gasteiger charge is -2.12. The third-order valence-corrected chi connectivity index (χ3v) is 1.90. The number of halogens is 1. The zero-order chi connectivity index (χ0) is 10.1. The van der Waals surface area contributed by atoms with Gasteiger partial charge in [-0.2, -0.15) is 4.39 Å². The molecule has 1 aliphatic rings. The Hall–Kier alpha value is -1.85. The minimum Gasteiger partial charge on any atom is -0.478 e. The van der Waals surface area contributed by atoms with Crippen molar-refractivity contribution in [3.63, 3.8) is 0 Å². The van der Waals surface area contributed by atoms with Gasteiger partial charge in [0.2, 0.25) is 5.82 Å². The van der Waals surface area contributed by atoms with Crippen molar-refractivity contribution in [2.24, 2.45) is 0 Å². The van der Waals surface area contributed by atoms with Crippen LogP contribution in [0.1, 0.15) is 12.6 Å². The lowest BCUT2D eigenvalue weighted by Crippen LogP contribution is -2.33. The van der Waals surface area contributed by atoms with Crippen LogP contribution in [0.2, 0.25) is 0 Å². The van der Waals surface area contributed by atoms with Crippen LogP contribution < -0.4 is 11.2 Å². The smallest absolute Gasteiger partial charge is 0.331 e. The molecule has 1 unspecified atom stereocenters. The summed E-state index contributed by atoms with van der Waals surface area (Å²) in [6.07, 6.45) is 3.90. The van der Waals surface area contributed by atoms with Crippen molar-refractivity contribution >= 4 is 0 Å². The van der Waals surface area contributed by atoms with E-state index in [4.69, 9.17) is 4.74 Å². The molecule has 0 amide bonds. The summed E-state index contributed by atoms with van der Waals surface area (Å²) in [5.74, 6) is -1.000. The molecule has 0 spiro atoms. The quantitative estimate of drug-likeness (QED) is 0.696. The van der Waals surface area contributed by atoms with Gasteiger partial charge in [0.15, 0.2) is 6.23 Å². The van der Waals surface area contributed by atoms with E-state index in [0.717, 1.165) is 10.8 Å². The summed E-state index contributed by atoms with van der Waals surface area (Å²) in [4.78, 5) is 23.8. The molecule has 6 heteroatoms. The van der Waals surface area contributed by atoms with Crippen molar-refractivity contribution in [1.82, 2.24) is 9.55 Å². The number of hydrogen-bond acceptors (Lipinski definition) is 3. The predicted octanol–water partition coefficient (Wildman–Crippen LogP) is 0.108. The maximum atomic E-state index is 12.8. The summed E-state index contributed by atoms with van der Waals surface area (Å²) < 4.78 is 18.9. The van der Waals surface area contributed by atoms with Crippen LogP contribution >= 0.6 is 0 Å². The van der Waals surface area contributed by atoms with Gasteiger partial charge in [-0.25, -0.2) is 4.79 Å². The van der Waals surface area contributed by atoms with Gasteiger partial charge < -0.3 is 4.74 Å². The van der Waals surface area contributed by atoms with Gasteiger partial charge in [-0.1, -0.05) is 0 Å². The van der Waals surface area contributed by atoms with E-state index in [2.05, 4.69) is 0 Å². The Labute approximate surface area is 77.4 Å². The number of nitrogens with one attached hydrogen (secondary N) is 1. The summed E-state index contributed by atoms with van der Waals surface area (Å²) >= 11 is 0. The number of hydrogen-bond donors (Lipinski definition) is 1. The number of nitrogens with zero attached hydrogens (tertiary/aromatic N) is 1. The highest BCUT2D eigenvalue weighted by Gasteiger charge is 2.16. The van der Waals surface area contributed by atoms with E-state index < -0.39 is 23.3 Å². The number of aromatic amines is 1. The van der Waals surface area contributed by atoms with Crippen molar-refractivity contribution in [2.75, 3.05) is 0 Å². The highest BCUT2D eigenvalue weighted by atomic mass is 19.1. The van der Waals surface area contributed by atoms with Crippen LogP contribution in [0, 0.1) is 5.82 Å². The largest absolute Gasteiger partial charge is 0.478 e. The first kappa shape index (κ1) is 8.74. The molecule has 1 aromatic rings. The molecule has 0 saturated carbocycles. The van der Waals surface area contributed by atoms with Crippen LogP contribution in [0.3, 0.4) is 0 Å². The third-order valence-electron chi connectivity index (χ3n) is 1.90. The molecule has 1 aromatic heterocycles. The SMILES string of the molecule is O=c1[nH]c(=O)n(C2CC=CO2)cc1F. The van der Waals surface area contributed by atoms with Gasteiger partial charge in [-0.15, -0.1) is 0 Å². The van der Waals surface area contributed by atoms with Gasteiger partial charge in [0.1, 0.15) is 0 Å². The third kappa shape index (κ3) is 1.34. The summed E-state index contributed by atoms with van der Waals surface area (Å²) in [5, 5.41) is 0. The van der Waals surface area contributed by atoms with Gasteiger partial charge in [0.25, 0.3) is 5.56 Å². The molecule has 14 heavy (non-hydrogen) atoms. The minimum atomic E-state index is -1.02. The lowest BCUT2D eigenvalue weighted by atomic mass is 10.4. The fraction of sp³-hybridized carbons (Fsp3) is 0.250. The predicted molar refractivity (Wildman–Crippen MR) is 45.2 cm³/mol. The molecule has 5 nitrogen and oxygen atoms in total. The topological polar surface area (TPSA) is 64.1 Å². The van der Waals surface area contributed by atoms with Crippen molar-refractivity contribution in [3.05, 3.63) is 45.2 Å². The summed E-state index contributed by atoms with van der Waals surface area (Å²) in [6.45, 7) is 0. The molecule has 2 rings (SSSR count). The Morgan fingerprint density at radius 2 is 2.36 bits per heavy atom. The van der Waals surface area contributed by atoms with E-state index in [-0.39, 0.29) is 0 Å². The highest BCUT2D eigenvalue weighted by Crippen LogP contribution is 2.17. The molecule has 0 saturated heterocycles. The van der Waals surface area contributed by atoms with E-state index in [9.17, 15) is 14.0 Å². The van der Waals surface area contributed by atoms with E-state index in [1.807, 2.05) is 4.98 Å². The first-order chi connectivity index (χ1) is 6.68. The van der Waals surface area contributed by atoms with Crippen LogP contribution in [0.4, 0.5) is 4.39 Å². The fourth-order valence-electron chi connectivity index (χ4n) is 1.23. The van der Waals surface area contributed by atoms with Crippen molar-refractivity contribution in [3.8, 4) is 0 Å². The number of rotatable bonds is 1. The van der Waals surface area contributed by atoms with Crippen LogP contribution in [-0.4, -0.2) is 9.55 Å². The number of H-pyrrole nitrogens is 1. The summed E-state index contributed by atoms with van der Waals surface area (Å²) in [7, 11) is 0. The van der Waals surface area contributed by atoms with E-state index in [0.29, 0.717) is 6.42 Å². The fourth-order valence-corrected chi connectivity index (χ4v) is 1.23. The molecule has 2 heterocycles. The maximum absolute atomic E-state index is 12.8. The molecule has 0 fully saturated rings. The molecule has 1 aliphatic heterocycles. The molecule has 0 aromatic carbocycles. The Morgan fingerprint density at radius 3 is 3.00 bits per heavy atom. The Balaban J connectivity index is 2.48. The van der Waals surface area contributed by atoms with Crippen LogP contribution in [0.25, 0.3) is 0 Å². The second kappa shape index (κ2) is 3.13. The lowest BCUT2D eigenvalue weighted by molar-refractivity contribution is 0.0984. The average molecular weight is 198 g/mol. The van der Waals surface area contributed by atoms with E-state index >= 15 is 0 Å². The zero-order valence-corrected chi connectivity index (χ0v) is 7.07. The van der Waals surface area contributed by atoms with Gasteiger partial charge in [-0.3, -0.25) is 14.3 Å². The van der Waals surface area contributed by atoms with E-state index in [1.54, 1.807) is 6.08 Å². The van der Waals surface area contributed by atoms with Gasteiger partial charge in [0, 0.05) is 6.42 Å². The van der Waals surface area contributed by atoms with Crippen molar-refractivity contribution in [2.45, 2.75) is 12.6 Å². The summed E-state index contributed by atoms with van der Waals surface area (Å²) in [6, 6.07) is 0. The molecule has 0 aliphatic carbocycles. The second-order valence-corrected chi connectivity index (χ2v) is 2.84. The normalized spacial score (nSPS) is 19.6. The first-order valence-corrected chi connectivity index (χ1v) is 4.00. The molecule has 0 bridgehead atoms. The molecule has 74 valence electrons. The Kier molecular flexibility index (Phi) is 1.95. The van der Waals surface area contributed by atoms with Crippen LogP contribution in [-0.2, 0) is 4.74 Å². The van der Waals surface area contributed by atoms with Crippen molar-refractivity contribution < 1.29 is 9.13 Å². The second-order valence-electron chi connectivity index (χ2n) is 2.84. The monoisotopic (exact) mass is 198 g/mol. The standard InChI is InChI=1S/C8H7FN2O3/c9-5-4-11(6-2-1-3-14-6)8(13)10-7(5)12/h1,3-4,6H,2H2,(H,10,12,13). The maximum Gasteiger partial charge on any atom is 0.331 e. The Bertz CT molecular complexity index is 480. The van der Waals surface area contributed by atoms with Gasteiger partial charge >= 0.3 is 5.69 Å². The molecular formula is C8H7FN2O3. The minimum absolute atomic E-state index is 0.478.